The first kappa shape index (κ1) is 16.6. The highest BCUT2D eigenvalue weighted by Crippen LogP contribution is 2.29. The van der Waals surface area contributed by atoms with Crippen molar-refractivity contribution in [3.8, 4) is 11.5 Å². The number of carbonyl (C=O) groups is 1. The number of benzene rings is 2. The molecule has 2 amide bonds. The molecule has 0 radical (unpaired) electrons. The average molecular weight is 315 g/mol. The van der Waals surface area contributed by atoms with Crippen LogP contribution in [0.1, 0.15) is 11.1 Å². The van der Waals surface area contributed by atoms with Crippen LogP contribution in [0.4, 0.5) is 10.5 Å². The van der Waals surface area contributed by atoms with Gasteiger partial charge in [-0.05, 0) is 23.3 Å². The van der Waals surface area contributed by atoms with E-state index in [1.165, 1.54) is 0 Å². The number of rotatable bonds is 6. The number of carbonyl (C=O) groups excluding carboxylic acids is 1. The Kier molecular flexibility index (Phi) is 5.82. The molecule has 23 heavy (non-hydrogen) atoms. The molecule has 0 aromatic heterocycles. The molecule has 4 N–H and O–H groups in total. The third-order valence-electron chi connectivity index (χ3n) is 3.32. The first-order chi connectivity index (χ1) is 11.2. The van der Waals surface area contributed by atoms with E-state index in [1.807, 2.05) is 24.3 Å². The molecule has 0 unspecified atom stereocenters. The van der Waals surface area contributed by atoms with E-state index < -0.39 is 0 Å². The maximum Gasteiger partial charge on any atom is 0.319 e. The Morgan fingerprint density at radius 1 is 1.04 bits per heavy atom. The van der Waals surface area contributed by atoms with Gasteiger partial charge in [-0.2, -0.15) is 0 Å². The van der Waals surface area contributed by atoms with E-state index in [4.69, 9.17) is 15.2 Å². The number of ether oxygens (including phenoxy) is 2. The first-order valence-electron chi connectivity index (χ1n) is 7.21. The van der Waals surface area contributed by atoms with Gasteiger partial charge >= 0.3 is 6.03 Å². The van der Waals surface area contributed by atoms with Gasteiger partial charge in [-0.1, -0.05) is 24.3 Å². The molecule has 2 rings (SSSR count). The molecule has 0 aliphatic rings. The zero-order chi connectivity index (χ0) is 16.7. The summed E-state index contributed by atoms with van der Waals surface area (Å²) in [4.78, 5) is 12.0. The average Bonchev–Trinajstić information content (AvgIpc) is 2.60. The molecular weight excluding hydrogens is 294 g/mol. The summed E-state index contributed by atoms with van der Waals surface area (Å²) in [5.74, 6) is 1.16. The predicted molar refractivity (Wildman–Crippen MR) is 89.7 cm³/mol. The summed E-state index contributed by atoms with van der Waals surface area (Å²) in [6, 6.07) is 12.7. The van der Waals surface area contributed by atoms with Crippen molar-refractivity contribution in [3.05, 3.63) is 53.6 Å². The molecular formula is C17H21N3O3. The first-order valence-corrected chi connectivity index (χ1v) is 7.21. The summed E-state index contributed by atoms with van der Waals surface area (Å²) in [6.45, 7) is 0.901. The Morgan fingerprint density at radius 3 is 2.48 bits per heavy atom. The van der Waals surface area contributed by atoms with Gasteiger partial charge in [0.2, 0.25) is 0 Å². The summed E-state index contributed by atoms with van der Waals surface area (Å²) in [6.07, 6.45) is 0. The molecule has 0 aliphatic carbocycles. The Labute approximate surface area is 135 Å². The second-order valence-corrected chi connectivity index (χ2v) is 4.90. The number of nitrogens with two attached hydrogens (primary N) is 1. The minimum Gasteiger partial charge on any atom is -0.493 e. The van der Waals surface area contributed by atoms with Crippen LogP contribution in [0.5, 0.6) is 11.5 Å². The lowest BCUT2D eigenvalue weighted by Crippen LogP contribution is -2.28. The molecule has 2 aromatic carbocycles. The van der Waals surface area contributed by atoms with E-state index in [2.05, 4.69) is 10.6 Å². The maximum atomic E-state index is 12.0. The van der Waals surface area contributed by atoms with Crippen LogP contribution in [0.25, 0.3) is 0 Å². The Balaban J connectivity index is 1.94. The second-order valence-electron chi connectivity index (χ2n) is 4.90. The van der Waals surface area contributed by atoms with Gasteiger partial charge in [-0.25, -0.2) is 4.79 Å². The minimum atomic E-state index is -0.296. The lowest BCUT2D eigenvalue weighted by molar-refractivity contribution is 0.251. The highest BCUT2D eigenvalue weighted by Gasteiger charge is 2.07. The van der Waals surface area contributed by atoms with Crippen LogP contribution in [0, 0.1) is 0 Å². The number of hydrogen-bond donors (Lipinski definition) is 3. The molecule has 6 nitrogen and oxygen atoms in total. The summed E-state index contributed by atoms with van der Waals surface area (Å²) < 4.78 is 10.4. The molecule has 0 saturated heterocycles. The number of nitrogens with one attached hydrogen (secondary N) is 2. The van der Waals surface area contributed by atoms with Gasteiger partial charge in [0.25, 0.3) is 0 Å². The quantitative estimate of drug-likeness (QED) is 0.764. The van der Waals surface area contributed by atoms with Crippen LogP contribution in [0.3, 0.4) is 0 Å². The van der Waals surface area contributed by atoms with Crippen LogP contribution in [0.15, 0.2) is 42.5 Å². The van der Waals surface area contributed by atoms with Crippen molar-refractivity contribution >= 4 is 11.7 Å². The van der Waals surface area contributed by atoms with Gasteiger partial charge in [0, 0.05) is 24.8 Å². The van der Waals surface area contributed by atoms with Crippen molar-refractivity contribution < 1.29 is 14.3 Å². The normalized spacial score (nSPS) is 10.0. The van der Waals surface area contributed by atoms with Gasteiger partial charge in [0.15, 0.2) is 11.5 Å². The SMILES string of the molecule is COc1ccc(NC(=O)NCc2cccc(CN)c2)cc1OC. The fourth-order valence-corrected chi connectivity index (χ4v) is 2.14. The predicted octanol–water partition coefficient (Wildman–Crippen LogP) is 2.48. The van der Waals surface area contributed by atoms with Crippen LogP contribution in [0.2, 0.25) is 0 Å². The van der Waals surface area contributed by atoms with Crippen molar-refractivity contribution in [1.82, 2.24) is 5.32 Å². The molecule has 122 valence electrons. The standard InChI is InChI=1S/C17H21N3O3/c1-22-15-7-6-14(9-16(15)23-2)20-17(21)19-11-13-5-3-4-12(8-13)10-18/h3-9H,10-11,18H2,1-2H3,(H2,19,20,21). The Morgan fingerprint density at radius 2 is 1.78 bits per heavy atom. The molecule has 6 heteroatoms. The van der Waals surface area contributed by atoms with E-state index in [1.54, 1.807) is 32.4 Å². The van der Waals surface area contributed by atoms with Crippen LogP contribution >= 0.6 is 0 Å². The van der Waals surface area contributed by atoms with Gasteiger partial charge in [-0.15, -0.1) is 0 Å². The van der Waals surface area contributed by atoms with Crippen LogP contribution in [-0.4, -0.2) is 20.3 Å². The number of methoxy groups -OCH3 is 2. The highest BCUT2D eigenvalue weighted by molar-refractivity contribution is 5.89. The molecule has 0 spiro atoms. The van der Waals surface area contributed by atoms with Crippen molar-refractivity contribution in [3.63, 3.8) is 0 Å². The molecule has 0 bridgehead atoms. The fraction of sp³-hybridized carbons (Fsp3) is 0.235. The maximum absolute atomic E-state index is 12.0. The Bertz CT molecular complexity index is 674. The fourth-order valence-electron chi connectivity index (χ4n) is 2.14. The summed E-state index contributed by atoms with van der Waals surface area (Å²) in [5.41, 5.74) is 8.25. The van der Waals surface area contributed by atoms with Crippen molar-refractivity contribution in [2.75, 3.05) is 19.5 Å². The van der Waals surface area contributed by atoms with Crippen molar-refractivity contribution in [2.45, 2.75) is 13.1 Å². The highest BCUT2D eigenvalue weighted by atomic mass is 16.5. The monoisotopic (exact) mass is 315 g/mol. The largest absolute Gasteiger partial charge is 0.493 e. The molecule has 0 fully saturated rings. The third kappa shape index (κ3) is 4.62. The zero-order valence-corrected chi connectivity index (χ0v) is 13.3. The van der Waals surface area contributed by atoms with Gasteiger partial charge in [0.05, 0.1) is 14.2 Å². The van der Waals surface area contributed by atoms with Crippen LogP contribution < -0.4 is 25.8 Å². The smallest absolute Gasteiger partial charge is 0.319 e. The van der Waals surface area contributed by atoms with Gasteiger partial charge < -0.3 is 25.8 Å². The molecule has 2 aromatic rings. The van der Waals surface area contributed by atoms with E-state index in [0.29, 0.717) is 30.3 Å². The number of urea groups is 1. The van der Waals surface area contributed by atoms with Crippen LogP contribution in [-0.2, 0) is 13.1 Å². The van der Waals surface area contributed by atoms with Crippen molar-refractivity contribution in [1.29, 1.82) is 0 Å². The Hall–Kier alpha value is -2.73. The van der Waals surface area contributed by atoms with E-state index >= 15 is 0 Å². The lowest BCUT2D eigenvalue weighted by Gasteiger charge is -2.11. The van der Waals surface area contributed by atoms with E-state index in [9.17, 15) is 4.79 Å². The lowest BCUT2D eigenvalue weighted by atomic mass is 10.1. The van der Waals surface area contributed by atoms with Crippen molar-refractivity contribution in [2.24, 2.45) is 5.73 Å². The second kappa shape index (κ2) is 8.05. The van der Waals surface area contributed by atoms with E-state index in [0.717, 1.165) is 11.1 Å². The summed E-state index contributed by atoms with van der Waals surface area (Å²) in [7, 11) is 3.11. The third-order valence-corrected chi connectivity index (χ3v) is 3.32. The molecule has 0 atom stereocenters. The van der Waals surface area contributed by atoms with Gasteiger partial charge in [-0.3, -0.25) is 0 Å². The number of anilines is 1. The summed E-state index contributed by atoms with van der Waals surface area (Å²) >= 11 is 0. The minimum absolute atomic E-state index is 0.296. The molecule has 0 aliphatic heterocycles. The zero-order valence-electron chi connectivity index (χ0n) is 13.3. The van der Waals surface area contributed by atoms with Gasteiger partial charge in [0.1, 0.15) is 0 Å². The number of hydrogen-bond acceptors (Lipinski definition) is 4. The van der Waals surface area contributed by atoms with E-state index in [-0.39, 0.29) is 6.03 Å². The molecule has 0 heterocycles. The topological polar surface area (TPSA) is 85.6 Å². The molecule has 0 saturated carbocycles. The number of amides is 2. The summed E-state index contributed by atoms with van der Waals surface area (Å²) in [5, 5.41) is 5.56.